The number of ether oxygens (including phenoxy) is 2. The first-order valence-electron chi connectivity index (χ1n) is 8.33. The first-order valence-corrected chi connectivity index (χ1v) is 8.33. The maximum absolute atomic E-state index is 12.1. The van der Waals surface area contributed by atoms with E-state index < -0.39 is 5.60 Å². The van der Waals surface area contributed by atoms with Gasteiger partial charge in [-0.1, -0.05) is 13.8 Å². The normalized spacial score (nSPS) is 11.6. The van der Waals surface area contributed by atoms with Crippen molar-refractivity contribution in [2.75, 3.05) is 38.2 Å². The van der Waals surface area contributed by atoms with Crippen LogP contribution in [0.3, 0.4) is 0 Å². The molecule has 0 fully saturated rings. The van der Waals surface area contributed by atoms with Gasteiger partial charge in [0.05, 0.1) is 0 Å². The average molecular weight is 322 g/mol. The number of likely N-dealkylation sites (N-methyl/N-ethyl adjacent to an activating group) is 1. The summed E-state index contributed by atoms with van der Waals surface area (Å²) >= 11 is 0. The monoisotopic (exact) mass is 322 g/mol. The van der Waals surface area contributed by atoms with Crippen molar-refractivity contribution in [3.05, 3.63) is 24.3 Å². The Morgan fingerprint density at radius 1 is 1.13 bits per heavy atom. The lowest BCUT2D eigenvalue weighted by molar-refractivity contribution is -0.136. The summed E-state index contributed by atoms with van der Waals surface area (Å²) in [6.07, 6.45) is 0. The number of carbonyl (C=O) groups excluding carboxylic acids is 1. The fraction of sp³-hybridized carbons (Fsp3) is 0.611. The van der Waals surface area contributed by atoms with Crippen molar-refractivity contribution < 1.29 is 14.3 Å². The molecule has 0 aliphatic heterocycles. The quantitative estimate of drug-likeness (QED) is 0.719. The van der Waals surface area contributed by atoms with Crippen LogP contribution in [0.4, 0.5) is 5.69 Å². The molecule has 5 nitrogen and oxygen atoms in total. The zero-order valence-corrected chi connectivity index (χ0v) is 15.0. The van der Waals surface area contributed by atoms with Gasteiger partial charge in [-0.2, -0.15) is 0 Å². The van der Waals surface area contributed by atoms with Gasteiger partial charge >= 0.3 is 0 Å². The molecular formula is C18H30N2O3. The number of benzene rings is 1. The molecule has 0 saturated heterocycles. The highest BCUT2D eigenvalue weighted by Crippen LogP contribution is 2.18. The van der Waals surface area contributed by atoms with Gasteiger partial charge in [0.15, 0.2) is 0 Å². The predicted octanol–water partition coefficient (Wildman–Crippen LogP) is 3.16. The lowest BCUT2D eigenvalue weighted by atomic mass is 10.1. The SMILES string of the molecule is CCOC(C)(C)C(=O)Nc1ccc(OCCN(CC)CC)cc1. The van der Waals surface area contributed by atoms with Crippen LogP contribution in [0.15, 0.2) is 24.3 Å². The van der Waals surface area contributed by atoms with Gasteiger partial charge in [0.2, 0.25) is 0 Å². The van der Waals surface area contributed by atoms with E-state index >= 15 is 0 Å². The molecule has 0 saturated carbocycles. The molecule has 0 heterocycles. The third kappa shape index (κ3) is 6.59. The second-order valence-corrected chi connectivity index (χ2v) is 5.80. The van der Waals surface area contributed by atoms with Gasteiger partial charge in [-0.25, -0.2) is 0 Å². The van der Waals surface area contributed by atoms with Crippen LogP contribution < -0.4 is 10.1 Å². The Labute approximate surface area is 140 Å². The lowest BCUT2D eigenvalue weighted by Gasteiger charge is -2.23. The Bertz CT molecular complexity index is 468. The third-order valence-electron chi connectivity index (χ3n) is 3.73. The van der Waals surface area contributed by atoms with E-state index in [0.717, 1.165) is 31.1 Å². The van der Waals surface area contributed by atoms with Crippen molar-refractivity contribution in [3.63, 3.8) is 0 Å². The van der Waals surface area contributed by atoms with Gasteiger partial charge in [0, 0.05) is 18.8 Å². The van der Waals surface area contributed by atoms with Crippen LogP contribution in [0.2, 0.25) is 0 Å². The highest BCUT2D eigenvalue weighted by Gasteiger charge is 2.27. The Morgan fingerprint density at radius 3 is 2.26 bits per heavy atom. The zero-order valence-electron chi connectivity index (χ0n) is 15.0. The van der Waals surface area contributed by atoms with Crippen molar-refractivity contribution in [3.8, 4) is 5.75 Å². The number of anilines is 1. The van der Waals surface area contributed by atoms with Crippen LogP contribution in [-0.2, 0) is 9.53 Å². The fourth-order valence-corrected chi connectivity index (χ4v) is 2.17. The summed E-state index contributed by atoms with van der Waals surface area (Å²) in [6, 6.07) is 7.41. The van der Waals surface area contributed by atoms with Crippen molar-refractivity contribution in [1.82, 2.24) is 4.90 Å². The summed E-state index contributed by atoms with van der Waals surface area (Å²) in [6.45, 7) is 13.8. The number of hydrogen-bond acceptors (Lipinski definition) is 4. The Morgan fingerprint density at radius 2 is 1.74 bits per heavy atom. The summed E-state index contributed by atoms with van der Waals surface area (Å²) in [4.78, 5) is 14.5. The Balaban J connectivity index is 2.49. The molecule has 130 valence electrons. The van der Waals surface area contributed by atoms with E-state index in [1.54, 1.807) is 13.8 Å². The number of amides is 1. The first kappa shape index (κ1) is 19.5. The van der Waals surface area contributed by atoms with E-state index in [-0.39, 0.29) is 5.91 Å². The van der Waals surface area contributed by atoms with E-state index in [1.807, 2.05) is 31.2 Å². The minimum absolute atomic E-state index is 0.158. The molecule has 0 bridgehead atoms. The number of carbonyl (C=O) groups is 1. The van der Waals surface area contributed by atoms with Gasteiger partial charge < -0.3 is 19.7 Å². The number of nitrogens with one attached hydrogen (secondary N) is 1. The second kappa shape index (κ2) is 9.53. The largest absolute Gasteiger partial charge is 0.492 e. The second-order valence-electron chi connectivity index (χ2n) is 5.80. The highest BCUT2D eigenvalue weighted by molar-refractivity contribution is 5.96. The van der Waals surface area contributed by atoms with Crippen LogP contribution in [0.1, 0.15) is 34.6 Å². The van der Waals surface area contributed by atoms with E-state index in [0.29, 0.717) is 13.2 Å². The van der Waals surface area contributed by atoms with Crippen LogP contribution in [0, 0.1) is 0 Å². The molecule has 0 radical (unpaired) electrons. The van der Waals surface area contributed by atoms with Crippen LogP contribution in [-0.4, -0.2) is 49.3 Å². The molecule has 0 spiro atoms. The van der Waals surface area contributed by atoms with Gasteiger partial charge in [0.25, 0.3) is 5.91 Å². The van der Waals surface area contributed by atoms with Crippen LogP contribution in [0.5, 0.6) is 5.75 Å². The van der Waals surface area contributed by atoms with Crippen molar-refractivity contribution in [2.45, 2.75) is 40.2 Å². The Hall–Kier alpha value is -1.59. The van der Waals surface area contributed by atoms with E-state index in [1.165, 1.54) is 0 Å². The molecule has 1 rings (SSSR count). The van der Waals surface area contributed by atoms with Gasteiger partial charge in [-0.15, -0.1) is 0 Å². The van der Waals surface area contributed by atoms with Gasteiger partial charge in [-0.05, 0) is 58.1 Å². The smallest absolute Gasteiger partial charge is 0.256 e. The number of nitrogens with zero attached hydrogens (tertiary/aromatic N) is 1. The van der Waals surface area contributed by atoms with E-state index in [4.69, 9.17) is 9.47 Å². The summed E-state index contributed by atoms with van der Waals surface area (Å²) < 4.78 is 11.2. The molecule has 0 unspecified atom stereocenters. The topological polar surface area (TPSA) is 50.8 Å². The third-order valence-corrected chi connectivity index (χ3v) is 3.73. The number of rotatable bonds is 10. The van der Waals surface area contributed by atoms with Crippen molar-refractivity contribution in [2.24, 2.45) is 0 Å². The molecule has 0 aromatic heterocycles. The molecule has 0 aliphatic rings. The molecule has 1 aromatic carbocycles. The maximum Gasteiger partial charge on any atom is 0.256 e. The molecule has 23 heavy (non-hydrogen) atoms. The van der Waals surface area contributed by atoms with Gasteiger partial charge in [0.1, 0.15) is 18.0 Å². The molecule has 1 N–H and O–H groups in total. The maximum atomic E-state index is 12.1. The van der Waals surface area contributed by atoms with Crippen LogP contribution in [0.25, 0.3) is 0 Å². The molecule has 0 aliphatic carbocycles. The van der Waals surface area contributed by atoms with Crippen molar-refractivity contribution >= 4 is 11.6 Å². The van der Waals surface area contributed by atoms with Gasteiger partial charge in [-0.3, -0.25) is 4.79 Å². The molecule has 0 atom stereocenters. The summed E-state index contributed by atoms with van der Waals surface area (Å²) in [5, 5.41) is 2.86. The summed E-state index contributed by atoms with van der Waals surface area (Å²) in [5.74, 6) is 0.647. The summed E-state index contributed by atoms with van der Waals surface area (Å²) in [7, 11) is 0. The van der Waals surface area contributed by atoms with E-state index in [9.17, 15) is 4.79 Å². The minimum atomic E-state index is -0.840. The zero-order chi connectivity index (χ0) is 17.3. The lowest BCUT2D eigenvalue weighted by Crippen LogP contribution is -2.39. The van der Waals surface area contributed by atoms with Crippen molar-refractivity contribution in [1.29, 1.82) is 0 Å². The molecular weight excluding hydrogens is 292 g/mol. The average Bonchev–Trinajstić information content (AvgIpc) is 2.53. The first-order chi connectivity index (χ1) is 10.9. The minimum Gasteiger partial charge on any atom is -0.492 e. The molecule has 1 aromatic rings. The van der Waals surface area contributed by atoms with Crippen LogP contribution >= 0.6 is 0 Å². The number of hydrogen-bond donors (Lipinski definition) is 1. The predicted molar refractivity (Wildman–Crippen MR) is 94.1 cm³/mol. The fourth-order valence-electron chi connectivity index (χ4n) is 2.17. The standard InChI is InChI=1S/C18H30N2O3/c1-6-20(7-2)13-14-22-16-11-9-15(10-12-16)19-17(21)18(4,5)23-8-3/h9-12H,6-8,13-14H2,1-5H3,(H,19,21). The molecule has 1 amide bonds. The Kier molecular flexibility index (Phi) is 8.06. The van der Waals surface area contributed by atoms with E-state index in [2.05, 4.69) is 24.1 Å². The summed E-state index contributed by atoms with van der Waals surface area (Å²) in [5.41, 5.74) is -0.105. The highest BCUT2D eigenvalue weighted by atomic mass is 16.5. The molecule has 5 heteroatoms.